The Balaban J connectivity index is 1.21. The van der Waals surface area contributed by atoms with Gasteiger partial charge in [-0.1, -0.05) is 133 Å². The summed E-state index contributed by atoms with van der Waals surface area (Å²) in [6.07, 6.45) is 2.27. The SMILES string of the molecule is CC(C)(C)c1ccc2c(c1)c1c3c(oc4ccccc43)c3c4c1n2-c1cc2c(cc1B4N(c1ccc(-c4ccccc4)cc1)c1cc4c(cc1-3)C(C)(C)CCC4(C)C)oc1ccccc12. The third-order valence-corrected chi connectivity index (χ3v) is 15.8. The predicted octanol–water partition coefficient (Wildman–Crippen LogP) is 15.1. The van der Waals surface area contributed by atoms with Crippen LogP contribution in [0.5, 0.6) is 0 Å². The maximum Gasteiger partial charge on any atom is 0.333 e. The average molecular weight is 841 g/mol. The summed E-state index contributed by atoms with van der Waals surface area (Å²) >= 11 is 0. The number of furan rings is 2. The topological polar surface area (TPSA) is 34.5 Å². The van der Waals surface area contributed by atoms with Crippen LogP contribution in [0.1, 0.15) is 78.0 Å². The largest absolute Gasteiger partial charge is 0.456 e. The van der Waals surface area contributed by atoms with Crippen molar-refractivity contribution in [3.63, 3.8) is 0 Å². The first kappa shape index (κ1) is 37.4. The van der Waals surface area contributed by atoms with E-state index in [1.807, 2.05) is 0 Å². The number of benzene rings is 8. The van der Waals surface area contributed by atoms with E-state index >= 15 is 0 Å². The summed E-state index contributed by atoms with van der Waals surface area (Å²) in [5, 5.41) is 7.14. The van der Waals surface area contributed by atoms with Gasteiger partial charge in [0.25, 0.3) is 0 Å². The molecule has 0 bridgehead atoms. The third-order valence-electron chi connectivity index (χ3n) is 15.8. The van der Waals surface area contributed by atoms with Crippen molar-refractivity contribution >= 4 is 94.8 Å². The molecule has 0 saturated carbocycles. The molecule has 0 fully saturated rings. The Hall–Kier alpha value is -6.98. The molecule has 1 aliphatic carbocycles. The number of para-hydroxylation sites is 2. The van der Waals surface area contributed by atoms with Gasteiger partial charge in [0.1, 0.15) is 22.3 Å². The average Bonchev–Trinajstić information content (AvgIpc) is 3.98. The molecule has 314 valence electrons. The highest BCUT2D eigenvalue weighted by Gasteiger charge is 2.48. The first-order valence-electron chi connectivity index (χ1n) is 23.4. The van der Waals surface area contributed by atoms with Gasteiger partial charge in [-0.3, -0.25) is 0 Å². The third kappa shape index (κ3) is 4.94. The Labute approximate surface area is 379 Å². The van der Waals surface area contributed by atoms with Gasteiger partial charge in [0.15, 0.2) is 0 Å². The Bertz CT molecular complexity index is 3870. The second kappa shape index (κ2) is 12.4. The van der Waals surface area contributed by atoms with E-state index in [1.54, 1.807) is 0 Å². The molecule has 11 aromatic rings. The van der Waals surface area contributed by atoms with Crippen molar-refractivity contribution < 1.29 is 8.83 Å². The molecule has 0 spiro atoms. The number of anilines is 2. The quantitative estimate of drug-likeness (QED) is 0.163. The van der Waals surface area contributed by atoms with Crippen LogP contribution in [-0.2, 0) is 16.2 Å². The Kier molecular flexibility index (Phi) is 7.15. The molecule has 5 heteroatoms. The summed E-state index contributed by atoms with van der Waals surface area (Å²) in [7, 11) is 0. The van der Waals surface area contributed by atoms with Crippen LogP contribution < -0.4 is 15.7 Å². The molecule has 14 rings (SSSR count). The fourth-order valence-electron chi connectivity index (χ4n) is 12.2. The maximum absolute atomic E-state index is 7.34. The Morgan fingerprint density at radius 1 is 0.554 bits per heavy atom. The van der Waals surface area contributed by atoms with Gasteiger partial charge in [-0.15, -0.1) is 0 Å². The van der Waals surface area contributed by atoms with E-state index in [2.05, 4.69) is 203 Å². The van der Waals surface area contributed by atoms with Crippen molar-refractivity contribution in [1.29, 1.82) is 0 Å². The minimum atomic E-state index is -0.204. The second-order valence-corrected chi connectivity index (χ2v) is 21.5. The van der Waals surface area contributed by atoms with Crippen LogP contribution in [0, 0.1) is 0 Å². The van der Waals surface area contributed by atoms with Crippen LogP contribution >= 0.6 is 0 Å². The van der Waals surface area contributed by atoms with Crippen LogP contribution in [0.15, 0.2) is 154 Å². The number of hydrogen-bond acceptors (Lipinski definition) is 3. The lowest BCUT2D eigenvalue weighted by molar-refractivity contribution is 0.332. The van der Waals surface area contributed by atoms with Gasteiger partial charge in [0.2, 0.25) is 0 Å². The minimum Gasteiger partial charge on any atom is -0.456 e. The fourth-order valence-corrected chi connectivity index (χ4v) is 12.2. The molecular formula is C60H49BN2O2. The molecule has 5 heterocycles. The first-order valence-corrected chi connectivity index (χ1v) is 23.4. The zero-order valence-corrected chi connectivity index (χ0v) is 38.1. The van der Waals surface area contributed by atoms with Crippen LogP contribution in [0.3, 0.4) is 0 Å². The van der Waals surface area contributed by atoms with Crippen LogP contribution in [-0.4, -0.2) is 11.4 Å². The van der Waals surface area contributed by atoms with Gasteiger partial charge in [0.05, 0.1) is 11.0 Å². The number of nitrogens with zero attached hydrogens (tertiary/aromatic N) is 2. The molecule has 0 radical (unpaired) electrons. The Morgan fingerprint density at radius 2 is 1.22 bits per heavy atom. The molecule has 2 aliphatic heterocycles. The number of hydrogen-bond donors (Lipinski definition) is 0. The first-order chi connectivity index (χ1) is 31.4. The number of rotatable bonds is 2. The van der Waals surface area contributed by atoms with E-state index in [9.17, 15) is 0 Å². The molecule has 8 aromatic carbocycles. The lowest BCUT2D eigenvalue weighted by atomic mass is 9.43. The van der Waals surface area contributed by atoms with Crippen molar-refractivity contribution in [2.24, 2.45) is 0 Å². The monoisotopic (exact) mass is 840 g/mol. The number of fused-ring (bicyclic) bond motifs is 17. The Morgan fingerprint density at radius 3 is 1.95 bits per heavy atom. The molecule has 3 aliphatic rings. The smallest absolute Gasteiger partial charge is 0.333 e. The predicted molar refractivity (Wildman–Crippen MR) is 274 cm³/mol. The van der Waals surface area contributed by atoms with E-state index in [4.69, 9.17) is 8.83 Å². The van der Waals surface area contributed by atoms with Crippen molar-refractivity contribution in [2.75, 3.05) is 4.81 Å². The van der Waals surface area contributed by atoms with Gasteiger partial charge in [0, 0.05) is 60.5 Å². The molecule has 0 amide bonds. The van der Waals surface area contributed by atoms with E-state index in [0.29, 0.717) is 0 Å². The highest BCUT2D eigenvalue weighted by atomic mass is 16.3. The lowest BCUT2D eigenvalue weighted by Gasteiger charge is -2.46. The van der Waals surface area contributed by atoms with Gasteiger partial charge >= 0.3 is 6.85 Å². The van der Waals surface area contributed by atoms with Crippen LogP contribution in [0.2, 0.25) is 0 Å². The van der Waals surface area contributed by atoms with Crippen LogP contribution in [0.25, 0.3) is 93.6 Å². The summed E-state index contributed by atoms with van der Waals surface area (Å²) < 4.78 is 16.8. The molecule has 0 unspecified atom stereocenters. The molecule has 0 N–H and O–H groups in total. The van der Waals surface area contributed by atoms with Crippen LogP contribution in [0.4, 0.5) is 11.4 Å². The normalized spacial score (nSPS) is 16.0. The standard InChI is InChI=1S/C60H49BN2O2/c1-58(2,3)36-23-26-46-41(29-36)52-53-39-18-12-14-20-50(39)65-57(53)54-42-30-43-44(60(6,7)28-27-59(43,4)5)32-47(42)63(37-24-21-35(22-25-37)34-15-9-8-10-16-34)61-45-33-51-40(38-17-11-13-19-49(38)64-51)31-48(45)62(46)56(52)55(54)61/h8-26,29-33H,27-28H2,1-7H3. The van der Waals surface area contributed by atoms with E-state index in [0.717, 1.165) is 57.0 Å². The number of aromatic nitrogens is 1. The zero-order chi connectivity index (χ0) is 43.9. The molecular weight excluding hydrogens is 791 g/mol. The highest BCUT2D eigenvalue weighted by molar-refractivity contribution is 6.94. The molecule has 0 atom stereocenters. The van der Waals surface area contributed by atoms with Crippen molar-refractivity contribution in [3.8, 4) is 27.9 Å². The summed E-state index contributed by atoms with van der Waals surface area (Å²) in [4.78, 5) is 2.67. The van der Waals surface area contributed by atoms with Crippen molar-refractivity contribution in [3.05, 3.63) is 162 Å². The lowest BCUT2D eigenvalue weighted by Crippen LogP contribution is -2.60. The van der Waals surface area contributed by atoms with Gasteiger partial charge in [-0.25, -0.2) is 0 Å². The molecule has 4 nitrogen and oxygen atoms in total. The zero-order valence-electron chi connectivity index (χ0n) is 38.1. The van der Waals surface area contributed by atoms with E-state index in [1.165, 1.54) is 88.4 Å². The van der Waals surface area contributed by atoms with Crippen molar-refractivity contribution in [1.82, 2.24) is 4.57 Å². The summed E-state index contributed by atoms with van der Waals surface area (Å²) in [6, 6.07) is 54.4. The highest BCUT2D eigenvalue weighted by Crippen LogP contribution is 2.55. The van der Waals surface area contributed by atoms with Gasteiger partial charge in [-0.2, -0.15) is 0 Å². The molecule has 65 heavy (non-hydrogen) atoms. The van der Waals surface area contributed by atoms with E-state index < -0.39 is 0 Å². The summed E-state index contributed by atoms with van der Waals surface area (Å²) in [5.41, 5.74) is 21.3. The minimum absolute atomic E-state index is 0.00370. The van der Waals surface area contributed by atoms with Crippen molar-refractivity contribution in [2.45, 2.75) is 77.6 Å². The van der Waals surface area contributed by atoms with Gasteiger partial charge in [-0.05, 0) is 128 Å². The summed E-state index contributed by atoms with van der Waals surface area (Å²) in [5.74, 6) is 0. The van der Waals surface area contributed by atoms with Gasteiger partial charge < -0.3 is 18.2 Å². The molecule has 0 saturated heterocycles. The fraction of sp³-hybridized carbons (Fsp3) is 0.200. The summed E-state index contributed by atoms with van der Waals surface area (Å²) in [6.45, 7) is 16.6. The second-order valence-electron chi connectivity index (χ2n) is 21.5. The molecule has 3 aromatic heterocycles. The van der Waals surface area contributed by atoms with E-state index in [-0.39, 0.29) is 23.1 Å². The maximum atomic E-state index is 7.34.